The molecule has 3 aromatic rings. The van der Waals surface area contributed by atoms with E-state index in [1.165, 1.54) is 0 Å². The number of halogens is 2. The summed E-state index contributed by atoms with van der Waals surface area (Å²) in [6, 6.07) is 9.33. The first-order valence-electron chi connectivity index (χ1n) is 7.26. The van der Waals surface area contributed by atoms with Crippen LogP contribution in [0.1, 0.15) is 12.5 Å². The molecule has 3 rings (SSSR count). The number of amides is 1. The Bertz CT molecular complexity index is 845. The second kappa shape index (κ2) is 6.72. The quantitative estimate of drug-likeness (QED) is 0.707. The molecule has 0 bridgehead atoms. The summed E-state index contributed by atoms with van der Waals surface area (Å²) in [6.45, 7) is 2.50. The number of nitrogens with zero attached hydrogens (tertiary/aromatic N) is 2. The Morgan fingerprint density at radius 1 is 1.35 bits per heavy atom. The molecule has 0 unspecified atom stereocenters. The molecule has 0 radical (unpaired) electrons. The van der Waals surface area contributed by atoms with Gasteiger partial charge < -0.3 is 4.98 Å². The highest BCUT2D eigenvalue weighted by Gasteiger charge is 2.17. The topological polar surface area (TPSA) is 49.0 Å². The molecule has 0 atom stereocenters. The summed E-state index contributed by atoms with van der Waals surface area (Å²) in [7, 11) is 0. The lowest BCUT2D eigenvalue weighted by Gasteiger charge is -2.19. The van der Waals surface area contributed by atoms with E-state index in [0.717, 1.165) is 20.9 Å². The Hall–Kier alpha value is -1.85. The van der Waals surface area contributed by atoms with Gasteiger partial charge in [-0.05, 0) is 58.7 Å². The number of anilines is 1. The number of hydrogen-bond donors (Lipinski definition) is 1. The van der Waals surface area contributed by atoms with Crippen LogP contribution in [-0.4, -0.2) is 22.4 Å². The summed E-state index contributed by atoms with van der Waals surface area (Å²) in [5.74, 6) is 0.654. The minimum atomic E-state index is 0.00296. The standard InChI is InChI=1S/C17H15BrClN3O/c1-2-22(16-6-3-12(18)10-21-16)17(23)7-11-9-20-15-5-4-13(19)8-14(11)15/h3-6,8-10,20H,2,7H2,1H3. The molecule has 2 heterocycles. The Morgan fingerprint density at radius 3 is 2.87 bits per heavy atom. The lowest BCUT2D eigenvalue weighted by Crippen LogP contribution is -2.32. The fourth-order valence-electron chi connectivity index (χ4n) is 2.55. The normalized spacial score (nSPS) is 10.9. The summed E-state index contributed by atoms with van der Waals surface area (Å²) in [5, 5.41) is 1.64. The number of likely N-dealkylation sites (N-methyl/N-ethyl adjacent to an activating group) is 1. The molecule has 6 heteroatoms. The molecule has 0 aliphatic rings. The van der Waals surface area contributed by atoms with Crippen molar-refractivity contribution < 1.29 is 4.79 Å². The van der Waals surface area contributed by atoms with Crippen molar-refractivity contribution in [2.75, 3.05) is 11.4 Å². The first kappa shape index (κ1) is 16.0. The fraction of sp³-hybridized carbons (Fsp3) is 0.176. The van der Waals surface area contributed by atoms with Crippen LogP contribution in [0.5, 0.6) is 0 Å². The van der Waals surface area contributed by atoms with Crippen LogP contribution < -0.4 is 4.90 Å². The zero-order valence-corrected chi connectivity index (χ0v) is 14.9. The van der Waals surface area contributed by atoms with Crippen LogP contribution in [0.2, 0.25) is 5.02 Å². The molecule has 0 saturated carbocycles. The van der Waals surface area contributed by atoms with Crippen molar-refractivity contribution in [3.63, 3.8) is 0 Å². The van der Waals surface area contributed by atoms with Crippen molar-refractivity contribution in [2.24, 2.45) is 0 Å². The molecule has 0 aliphatic carbocycles. The van der Waals surface area contributed by atoms with Crippen molar-refractivity contribution in [1.82, 2.24) is 9.97 Å². The van der Waals surface area contributed by atoms with Crippen LogP contribution in [-0.2, 0) is 11.2 Å². The van der Waals surface area contributed by atoms with E-state index in [1.807, 2.05) is 43.5 Å². The summed E-state index contributed by atoms with van der Waals surface area (Å²) in [4.78, 5) is 21.8. The number of fused-ring (bicyclic) bond motifs is 1. The number of rotatable bonds is 4. The Balaban J connectivity index is 1.86. The van der Waals surface area contributed by atoms with Crippen molar-refractivity contribution >= 4 is 50.2 Å². The average molecular weight is 393 g/mol. The third-order valence-electron chi connectivity index (χ3n) is 3.68. The van der Waals surface area contributed by atoms with Crippen molar-refractivity contribution in [3.8, 4) is 0 Å². The van der Waals surface area contributed by atoms with E-state index in [4.69, 9.17) is 11.6 Å². The molecule has 4 nitrogen and oxygen atoms in total. The number of nitrogens with one attached hydrogen (secondary N) is 1. The van der Waals surface area contributed by atoms with Crippen LogP contribution in [0, 0.1) is 0 Å². The van der Waals surface area contributed by atoms with Crippen molar-refractivity contribution in [2.45, 2.75) is 13.3 Å². The maximum atomic E-state index is 12.7. The van der Waals surface area contributed by atoms with E-state index in [2.05, 4.69) is 25.9 Å². The molecular formula is C17H15BrClN3O. The van der Waals surface area contributed by atoms with Gasteiger partial charge in [-0.25, -0.2) is 4.98 Å². The number of aromatic nitrogens is 2. The Morgan fingerprint density at radius 2 is 2.17 bits per heavy atom. The van der Waals surface area contributed by atoms with Gasteiger partial charge in [-0.15, -0.1) is 0 Å². The molecule has 1 amide bonds. The molecule has 23 heavy (non-hydrogen) atoms. The molecule has 118 valence electrons. The maximum absolute atomic E-state index is 12.7. The number of hydrogen-bond acceptors (Lipinski definition) is 2. The van der Waals surface area contributed by atoms with Gasteiger partial charge in [0.05, 0.1) is 6.42 Å². The van der Waals surface area contributed by atoms with Crippen LogP contribution in [0.4, 0.5) is 5.82 Å². The minimum Gasteiger partial charge on any atom is -0.361 e. The van der Waals surface area contributed by atoms with Gasteiger partial charge in [-0.2, -0.15) is 0 Å². The van der Waals surface area contributed by atoms with Gasteiger partial charge in [0.25, 0.3) is 0 Å². The van der Waals surface area contributed by atoms with Gasteiger partial charge >= 0.3 is 0 Å². The SMILES string of the molecule is CCN(C(=O)Cc1c[nH]c2ccc(Cl)cc12)c1ccc(Br)cn1. The van der Waals surface area contributed by atoms with Gasteiger partial charge in [0.2, 0.25) is 5.91 Å². The number of pyridine rings is 1. The largest absolute Gasteiger partial charge is 0.361 e. The molecule has 1 aromatic carbocycles. The minimum absolute atomic E-state index is 0.00296. The van der Waals surface area contributed by atoms with Crippen molar-refractivity contribution in [1.29, 1.82) is 0 Å². The van der Waals surface area contributed by atoms with Crippen molar-refractivity contribution in [3.05, 3.63) is 57.8 Å². The first-order valence-corrected chi connectivity index (χ1v) is 8.43. The molecule has 2 aromatic heterocycles. The summed E-state index contributed by atoms with van der Waals surface area (Å²) in [6.07, 6.45) is 3.85. The Labute approximate surface area is 147 Å². The lowest BCUT2D eigenvalue weighted by atomic mass is 10.1. The highest BCUT2D eigenvalue weighted by molar-refractivity contribution is 9.10. The van der Waals surface area contributed by atoms with E-state index in [1.54, 1.807) is 11.1 Å². The van der Waals surface area contributed by atoms with Gasteiger partial charge in [-0.3, -0.25) is 9.69 Å². The fourth-order valence-corrected chi connectivity index (χ4v) is 2.96. The first-order chi connectivity index (χ1) is 11.1. The lowest BCUT2D eigenvalue weighted by molar-refractivity contribution is -0.117. The Kier molecular flexibility index (Phi) is 4.68. The second-order valence-corrected chi connectivity index (χ2v) is 6.51. The highest BCUT2D eigenvalue weighted by Crippen LogP contribution is 2.24. The van der Waals surface area contributed by atoms with Gasteiger partial charge in [0, 0.05) is 39.3 Å². The van der Waals surface area contributed by atoms with Gasteiger partial charge in [0.15, 0.2) is 0 Å². The molecule has 0 aliphatic heterocycles. The third kappa shape index (κ3) is 3.41. The van der Waals surface area contributed by atoms with E-state index in [9.17, 15) is 4.79 Å². The number of carbonyl (C=O) groups excluding carboxylic acids is 1. The highest BCUT2D eigenvalue weighted by atomic mass is 79.9. The molecule has 0 saturated heterocycles. The number of benzene rings is 1. The van der Waals surface area contributed by atoms with Crippen LogP contribution in [0.15, 0.2) is 47.2 Å². The average Bonchev–Trinajstić information content (AvgIpc) is 2.92. The van der Waals surface area contributed by atoms with Crippen LogP contribution in [0.3, 0.4) is 0 Å². The molecule has 1 N–H and O–H groups in total. The number of H-pyrrole nitrogens is 1. The smallest absolute Gasteiger partial charge is 0.232 e. The summed E-state index contributed by atoms with van der Waals surface area (Å²) >= 11 is 9.41. The number of aromatic amines is 1. The molecular weight excluding hydrogens is 378 g/mol. The molecule has 0 fully saturated rings. The van der Waals surface area contributed by atoms with E-state index < -0.39 is 0 Å². The van der Waals surface area contributed by atoms with E-state index in [0.29, 0.717) is 23.8 Å². The monoisotopic (exact) mass is 391 g/mol. The summed E-state index contributed by atoms with van der Waals surface area (Å²) in [5.41, 5.74) is 1.91. The van der Waals surface area contributed by atoms with E-state index >= 15 is 0 Å². The van der Waals surface area contributed by atoms with Crippen LogP contribution >= 0.6 is 27.5 Å². The van der Waals surface area contributed by atoms with Gasteiger partial charge in [-0.1, -0.05) is 11.6 Å². The summed E-state index contributed by atoms with van der Waals surface area (Å²) < 4.78 is 0.885. The zero-order valence-electron chi connectivity index (χ0n) is 12.5. The third-order valence-corrected chi connectivity index (χ3v) is 4.38. The van der Waals surface area contributed by atoms with Gasteiger partial charge in [0.1, 0.15) is 5.82 Å². The maximum Gasteiger partial charge on any atom is 0.232 e. The number of carbonyl (C=O) groups is 1. The zero-order chi connectivity index (χ0) is 16.4. The van der Waals surface area contributed by atoms with Crippen LogP contribution in [0.25, 0.3) is 10.9 Å². The van der Waals surface area contributed by atoms with E-state index in [-0.39, 0.29) is 5.91 Å². The second-order valence-electron chi connectivity index (χ2n) is 5.15. The predicted molar refractivity (Wildman–Crippen MR) is 97.0 cm³/mol. The molecule has 0 spiro atoms. The predicted octanol–water partition coefficient (Wildman–Crippen LogP) is 4.57.